The van der Waals surface area contributed by atoms with E-state index in [1.807, 2.05) is 0 Å². The van der Waals surface area contributed by atoms with Gasteiger partial charge in [-0.3, -0.25) is 14.1 Å². The number of anilines is 10. The number of benzene rings is 4. The molecular formula is C36H34N14O8S2. The Bertz CT molecular complexity index is 2670. The fraction of sp³-hybridized carbons (Fsp3) is 0.0556. The number of nitrogens with two attached hydrogens (primary N) is 2. The lowest BCUT2D eigenvalue weighted by molar-refractivity contribution is -0.432. The summed E-state index contributed by atoms with van der Waals surface area (Å²) in [6, 6.07) is 21.8. The number of amides is 2. The molecule has 12 N–H and O–H groups in total. The lowest BCUT2D eigenvalue weighted by Gasteiger charge is -2.12. The van der Waals surface area contributed by atoms with Crippen LogP contribution in [0, 0.1) is 0 Å². The van der Waals surface area contributed by atoms with E-state index in [4.69, 9.17) is 21.1 Å². The summed E-state index contributed by atoms with van der Waals surface area (Å²) in [4.78, 5) is 48.8. The topological polar surface area (TPSA) is 329 Å². The van der Waals surface area contributed by atoms with Crippen molar-refractivity contribution in [2.24, 2.45) is 11.5 Å². The highest BCUT2D eigenvalue weighted by molar-refractivity contribution is 7.94. The minimum absolute atomic E-state index is 0.0276. The molecule has 22 nitrogen and oxygen atoms in total. The standard InChI is InChI=1S/C36H34N14O8S2/c1-39-31-45-33(41-23-11-7-21(8-12-23)29(37)51)49-35(47-31)43-25-15-5-19(27(17-25)59-58-57-53)3-4-20-6-16-26(18-28(20)60(54,55)56)44-36-48-32(40-2)46-34(50-36)42-24-13-9-22(10-14-24)30(38)52/h3-18,53H,1-2H3,(H2,37,51)(H2,38,52)(H,54,55,56)(H3,39,41,43,45,47,49)(H3,40,42,44,46,48,50). The van der Waals surface area contributed by atoms with Crippen LogP contribution < -0.4 is 43.4 Å². The monoisotopic (exact) mass is 854 g/mol. The Kier molecular flexibility index (Phi) is 13.2. The summed E-state index contributed by atoms with van der Waals surface area (Å²) < 4.78 is 40.2. The first-order valence-corrected chi connectivity index (χ1v) is 19.3. The second kappa shape index (κ2) is 18.9. The Hall–Kier alpha value is -7.48. The van der Waals surface area contributed by atoms with Crippen LogP contribution in [0.5, 0.6) is 0 Å². The number of nitrogens with one attached hydrogen (secondary N) is 6. The van der Waals surface area contributed by atoms with Crippen LogP contribution in [0.15, 0.2) is 94.7 Å². The smallest absolute Gasteiger partial charge is 0.295 e. The molecule has 0 saturated heterocycles. The van der Waals surface area contributed by atoms with Crippen molar-refractivity contribution in [3.63, 3.8) is 0 Å². The van der Waals surface area contributed by atoms with Gasteiger partial charge in [0.25, 0.3) is 10.1 Å². The van der Waals surface area contributed by atoms with Gasteiger partial charge in [0.2, 0.25) is 47.5 Å². The Morgan fingerprint density at radius 2 is 0.983 bits per heavy atom. The zero-order valence-electron chi connectivity index (χ0n) is 31.2. The van der Waals surface area contributed by atoms with Crippen molar-refractivity contribution in [3.8, 4) is 0 Å². The molecule has 308 valence electrons. The summed E-state index contributed by atoms with van der Waals surface area (Å²) in [5.41, 5.74) is 13.7. The molecule has 24 heteroatoms. The van der Waals surface area contributed by atoms with E-state index in [0.29, 0.717) is 50.7 Å². The number of hydrogen-bond donors (Lipinski definition) is 10. The van der Waals surface area contributed by atoms with Gasteiger partial charge in [-0.1, -0.05) is 29.3 Å². The normalized spacial score (nSPS) is 11.2. The van der Waals surface area contributed by atoms with Crippen molar-refractivity contribution in [2.45, 2.75) is 9.79 Å². The molecule has 60 heavy (non-hydrogen) atoms. The summed E-state index contributed by atoms with van der Waals surface area (Å²) in [5, 5.41) is 30.4. The maximum absolute atomic E-state index is 12.6. The van der Waals surface area contributed by atoms with Crippen LogP contribution in [0.1, 0.15) is 31.8 Å². The lowest BCUT2D eigenvalue weighted by atomic mass is 10.1. The highest BCUT2D eigenvalue weighted by atomic mass is 32.2. The van der Waals surface area contributed by atoms with Crippen LogP contribution in [0.2, 0.25) is 0 Å². The molecule has 6 aromatic rings. The molecular weight excluding hydrogens is 821 g/mol. The molecule has 0 bridgehead atoms. The van der Waals surface area contributed by atoms with Gasteiger partial charge >= 0.3 is 0 Å². The molecule has 0 fully saturated rings. The zero-order valence-corrected chi connectivity index (χ0v) is 32.9. The molecule has 0 spiro atoms. The molecule has 6 rings (SSSR count). The first-order chi connectivity index (χ1) is 28.8. The maximum atomic E-state index is 12.6. The van der Waals surface area contributed by atoms with E-state index < -0.39 is 26.8 Å². The molecule has 0 saturated carbocycles. The number of carbonyl (C=O) groups is 2. The molecule has 0 radical (unpaired) electrons. The van der Waals surface area contributed by atoms with Crippen molar-refractivity contribution in [1.29, 1.82) is 0 Å². The molecule has 0 unspecified atom stereocenters. The minimum Gasteiger partial charge on any atom is -0.366 e. The second-order valence-corrected chi connectivity index (χ2v) is 14.2. The van der Waals surface area contributed by atoms with Gasteiger partial charge < -0.3 is 43.4 Å². The van der Waals surface area contributed by atoms with E-state index in [9.17, 15) is 22.6 Å². The predicted molar refractivity (Wildman–Crippen MR) is 224 cm³/mol. The van der Waals surface area contributed by atoms with Gasteiger partial charge in [0.15, 0.2) is 0 Å². The third kappa shape index (κ3) is 11.1. The molecule has 0 aliphatic rings. The Labute approximate surface area is 345 Å². The van der Waals surface area contributed by atoms with Crippen LogP contribution in [0.3, 0.4) is 0 Å². The Morgan fingerprint density at radius 1 is 0.600 bits per heavy atom. The molecule has 0 aliphatic heterocycles. The predicted octanol–water partition coefficient (Wildman–Crippen LogP) is 5.16. The average molecular weight is 855 g/mol. The number of carbonyl (C=O) groups excluding carboxylic acids is 2. The number of aromatic nitrogens is 6. The first kappa shape index (κ1) is 42.1. The Morgan fingerprint density at radius 3 is 1.40 bits per heavy atom. The fourth-order valence-corrected chi connectivity index (χ4v) is 6.40. The second-order valence-electron chi connectivity index (χ2n) is 12.0. The van der Waals surface area contributed by atoms with Crippen molar-refractivity contribution in [1.82, 2.24) is 29.9 Å². The summed E-state index contributed by atoms with van der Waals surface area (Å²) in [6.07, 6.45) is 3.00. The number of rotatable bonds is 18. The van der Waals surface area contributed by atoms with Crippen LogP contribution in [-0.4, -0.2) is 74.0 Å². The highest BCUT2D eigenvalue weighted by Gasteiger charge is 2.17. The van der Waals surface area contributed by atoms with E-state index in [-0.39, 0.29) is 46.9 Å². The molecule has 2 amide bonds. The maximum Gasteiger partial charge on any atom is 0.295 e. The summed E-state index contributed by atoms with van der Waals surface area (Å²) in [6.45, 7) is 0. The van der Waals surface area contributed by atoms with Crippen LogP contribution in [0.25, 0.3) is 12.2 Å². The van der Waals surface area contributed by atoms with Crippen LogP contribution in [-0.2, 0) is 19.5 Å². The zero-order chi connectivity index (χ0) is 42.8. The summed E-state index contributed by atoms with van der Waals surface area (Å²) >= 11 is 0.643. The minimum atomic E-state index is -4.77. The van der Waals surface area contributed by atoms with Gasteiger partial charge in [0.1, 0.15) is 4.90 Å². The van der Waals surface area contributed by atoms with Gasteiger partial charge in [0, 0.05) is 52.9 Å². The highest BCUT2D eigenvalue weighted by Crippen LogP contribution is 2.32. The van der Waals surface area contributed by atoms with Crippen molar-refractivity contribution in [2.75, 3.05) is 46.0 Å². The quantitative estimate of drug-likeness (QED) is 0.0175. The molecule has 0 aliphatic carbocycles. The van der Waals surface area contributed by atoms with Gasteiger partial charge in [-0.2, -0.15) is 38.3 Å². The summed E-state index contributed by atoms with van der Waals surface area (Å²) in [5.74, 6) is -0.281. The molecule has 0 atom stereocenters. The van der Waals surface area contributed by atoms with Crippen LogP contribution in [0.4, 0.5) is 58.4 Å². The number of nitrogens with zero attached hydrogens (tertiary/aromatic N) is 6. The van der Waals surface area contributed by atoms with Crippen molar-refractivity contribution < 1.29 is 37.2 Å². The van der Waals surface area contributed by atoms with E-state index in [1.54, 1.807) is 80.8 Å². The van der Waals surface area contributed by atoms with Crippen molar-refractivity contribution in [3.05, 3.63) is 107 Å². The van der Waals surface area contributed by atoms with Crippen LogP contribution >= 0.6 is 12.0 Å². The molecule has 2 aromatic heterocycles. The van der Waals surface area contributed by atoms with Gasteiger partial charge in [-0.05, 0) is 83.9 Å². The van der Waals surface area contributed by atoms with E-state index >= 15 is 0 Å². The number of primary amides is 2. The third-order valence-electron chi connectivity index (χ3n) is 7.98. The largest absolute Gasteiger partial charge is 0.366 e. The van der Waals surface area contributed by atoms with E-state index in [2.05, 4.69) is 66.8 Å². The van der Waals surface area contributed by atoms with Crippen molar-refractivity contribution >= 4 is 105 Å². The SMILES string of the molecule is CNc1nc(Nc2ccc(C(N)=O)cc2)nc(Nc2ccc(C=Cc3ccc(Nc4nc(NC)nc(Nc5ccc(C(N)=O)cc5)n4)cc3S(=O)(=O)O)c(SOOO)c2)n1. The third-order valence-corrected chi connectivity index (χ3v) is 9.55. The van der Waals surface area contributed by atoms with E-state index in [1.165, 1.54) is 30.3 Å². The Balaban J connectivity index is 1.22. The molecule has 4 aromatic carbocycles. The molecule has 2 heterocycles. The van der Waals surface area contributed by atoms with Gasteiger partial charge in [0.05, 0.1) is 12.0 Å². The average Bonchev–Trinajstić information content (AvgIpc) is 3.22. The van der Waals surface area contributed by atoms with E-state index in [0.717, 1.165) is 0 Å². The first-order valence-electron chi connectivity index (χ1n) is 17.1. The fourth-order valence-electron chi connectivity index (χ4n) is 5.18. The van der Waals surface area contributed by atoms with Gasteiger partial charge in [-0.15, -0.1) is 4.33 Å². The summed E-state index contributed by atoms with van der Waals surface area (Å²) in [7, 11) is -1.54. The number of hydrogen-bond acceptors (Lipinski definition) is 20. The van der Waals surface area contributed by atoms with Gasteiger partial charge in [-0.25, -0.2) is 5.26 Å². The lowest BCUT2D eigenvalue weighted by Crippen LogP contribution is -2.11.